The van der Waals surface area contributed by atoms with E-state index in [0.717, 1.165) is 25.1 Å². The number of benzene rings is 1. The number of nitrogens with one attached hydrogen (secondary N) is 1. The summed E-state index contributed by atoms with van der Waals surface area (Å²) in [6, 6.07) is 7.11. The molecule has 0 saturated heterocycles. The first-order valence-corrected chi connectivity index (χ1v) is 7.81. The van der Waals surface area contributed by atoms with Gasteiger partial charge < -0.3 is 5.32 Å². The maximum Gasteiger partial charge on any atom is 0.0641 e. The van der Waals surface area contributed by atoms with Crippen molar-refractivity contribution in [2.75, 3.05) is 6.54 Å². The molecule has 1 unspecified atom stereocenters. The van der Waals surface area contributed by atoms with E-state index in [-0.39, 0.29) is 0 Å². The molecule has 3 nitrogen and oxygen atoms in total. The molecule has 1 atom stereocenters. The molecule has 0 fully saturated rings. The lowest BCUT2D eigenvalue weighted by atomic mass is 9.97. The van der Waals surface area contributed by atoms with Crippen molar-refractivity contribution in [3.05, 3.63) is 52.3 Å². The average Bonchev–Trinajstić information content (AvgIpc) is 2.77. The summed E-state index contributed by atoms with van der Waals surface area (Å²) in [6.07, 6.45) is 4.29. The number of nitrogens with zero attached hydrogens (tertiary/aromatic N) is 2. The van der Waals surface area contributed by atoms with E-state index in [2.05, 4.69) is 62.5 Å². The van der Waals surface area contributed by atoms with Crippen molar-refractivity contribution in [3.63, 3.8) is 0 Å². The van der Waals surface area contributed by atoms with Crippen LogP contribution in [0.1, 0.15) is 47.3 Å². The second-order valence-corrected chi connectivity index (χ2v) is 5.97. The van der Waals surface area contributed by atoms with Crippen molar-refractivity contribution >= 4 is 0 Å². The maximum atomic E-state index is 4.49. The lowest BCUT2D eigenvalue weighted by Gasteiger charge is -2.19. The van der Waals surface area contributed by atoms with E-state index in [1.165, 1.54) is 22.3 Å². The van der Waals surface area contributed by atoms with Crippen molar-refractivity contribution in [1.82, 2.24) is 15.1 Å². The van der Waals surface area contributed by atoms with Gasteiger partial charge in [0.05, 0.1) is 5.69 Å². The Balaban J connectivity index is 2.23. The smallest absolute Gasteiger partial charge is 0.0641 e. The van der Waals surface area contributed by atoms with Crippen molar-refractivity contribution < 1.29 is 0 Å². The van der Waals surface area contributed by atoms with Gasteiger partial charge in [-0.05, 0) is 56.8 Å². The van der Waals surface area contributed by atoms with Gasteiger partial charge in [-0.15, -0.1) is 0 Å². The quantitative estimate of drug-likeness (QED) is 0.878. The van der Waals surface area contributed by atoms with Crippen LogP contribution >= 0.6 is 0 Å². The highest BCUT2D eigenvalue weighted by molar-refractivity contribution is 5.32. The SMILES string of the molecule is CCCNC(Cc1ccc(C)c(C)c1)c1cn(C)nc1C. The molecule has 3 heteroatoms. The average molecular weight is 285 g/mol. The zero-order chi connectivity index (χ0) is 15.4. The van der Waals surface area contributed by atoms with Crippen LogP contribution in [-0.2, 0) is 13.5 Å². The van der Waals surface area contributed by atoms with E-state index in [9.17, 15) is 0 Å². The Bertz CT molecular complexity index is 599. The van der Waals surface area contributed by atoms with Gasteiger partial charge >= 0.3 is 0 Å². The summed E-state index contributed by atoms with van der Waals surface area (Å²) in [5.74, 6) is 0. The third-order valence-corrected chi connectivity index (χ3v) is 4.08. The first-order valence-electron chi connectivity index (χ1n) is 7.81. The molecule has 0 aliphatic heterocycles. The minimum absolute atomic E-state index is 0.334. The molecule has 0 bridgehead atoms. The summed E-state index contributed by atoms with van der Waals surface area (Å²) in [5, 5.41) is 8.16. The summed E-state index contributed by atoms with van der Waals surface area (Å²) in [4.78, 5) is 0. The van der Waals surface area contributed by atoms with Gasteiger partial charge in [-0.1, -0.05) is 25.1 Å². The first-order chi connectivity index (χ1) is 10.0. The van der Waals surface area contributed by atoms with Gasteiger partial charge in [0, 0.05) is 24.8 Å². The number of hydrogen-bond acceptors (Lipinski definition) is 2. The molecule has 1 heterocycles. The predicted octanol–water partition coefficient (Wildman–Crippen LogP) is 3.63. The summed E-state index contributed by atoms with van der Waals surface area (Å²) >= 11 is 0. The molecular weight excluding hydrogens is 258 g/mol. The van der Waals surface area contributed by atoms with Crippen LogP contribution in [0.25, 0.3) is 0 Å². The second-order valence-electron chi connectivity index (χ2n) is 5.97. The van der Waals surface area contributed by atoms with Gasteiger partial charge in [-0.2, -0.15) is 5.10 Å². The predicted molar refractivity (Wildman–Crippen MR) is 88.6 cm³/mol. The van der Waals surface area contributed by atoms with Crippen molar-refractivity contribution in [1.29, 1.82) is 0 Å². The van der Waals surface area contributed by atoms with Crippen molar-refractivity contribution in [2.45, 2.75) is 46.6 Å². The van der Waals surface area contributed by atoms with Gasteiger partial charge in [0.15, 0.2) is 0 Å². The zero-order valence-corrected chi connectivity index (χ0v) is 13.9. The highest BCUT2D eigenvalue weighted by atomic mass is 15.3. The van der Waals surface area contributed by atoms with Crippen LogP contribution < -0.4 is 5.32 Å². The molecule has 2 aromatic rings. The standard InChI is InChI=1S/C18H27N3/c1-6-9-19-18(17-12-21(5)20-15(17)4)11-16-8-7-13(2)14(3)10-16/h7-8,10,12,18-19H,6,9,11H2,1-5H3. The minimum atomic E-state index is 0.334. The number of hydrogen-bond donors (Lipinski definition) is 1. The Hall–Kier alpha value is -1.61. The molecule has 1 aromatic carbocycles. The molecular formula is C18H27N3. The van der Waals surface area contributed by atoms with Crippen molar-refractivity contribution in [2.24, 2.45) is 7.05 Å². The molecule has 2 rings (SSSR count). The van der Waals surface area contributed by atoms with Crippen LogP contribution in [-0.4, -0.2) is 16.3 Å². The summed E-state index contributed by atoms with van der Waals surface area (Å²) in [6.45, 7) is 9.68. The molecule has 0 amide bonds. The lowest BCUT2D eigenvalue weighted by molar-refractivity contribution is 0.527. The van der Waals surface area contributed by atoms with Gasteiger partial charge in [-0.3, -0.25) is 4.68 Å². The summed E-state index contributed by atoms with van der Waals surface area (Å²) < 4.78 is 1.91. The Kier molecular flexibility index (Phi) is 5.18. The second kappa shape index (κ2) is 6.90. The molecule has 0 spiro atoms. The maximum absolute atomic E-state index is 4.49. The minimum Gasteiger partial charge on any atom is -0.310 e. The Morgan fingerprint density at radius 2 is 1.95 bits per heavy atom. The number of aryl methyl sites for hydroxylation is 4. The fourth-order valence-corrected chi connectivity index (χ4v) is 2.74. The number of aromatic nitrogens is 2. The summed E-state index contributed by atoms with van der Waals surface area (Å²) in [5.41, 5.74) is 6.54. The molecule has 1 aromatic heterocycles. The van der Waals surface area contributed by atoms with E-state index in [1.807, 2.05) is 11.7 Å². The molecule has 21 heavy (non-hydrogen) atoms. The van der Waals surface area contributed by atoms with Crippen LogP contribution in [0.4, 0.5) is 0 Å². The third-order valence-electron chi connectivity index (χ3n) is 4.08. The van der Waals surface area contributed by atoms with Crippen LogP contribution in [0.2, 0.25) is 0 Å². The number of rotatable bonds is 6. The van der Waals surface area contributed by atoms with Gasteiger partial charge in [-0.25, -0.2) is 0 Å². The topological polar surface area (TPSA) is 29.9 Å². The largest absolute Gasteiger partial charge is 0.310 e. The van der Waals surface area contributed by atoms with Gasteiger partial charge in [0.25, 0.3) is 0 Å². The fourth-order valence-electron chi connectivity index (χ4n) is 2.74. The van der Waals surface area contributed by atoms with Crippen LogP contribution in [0.15, 0.2) is 24.4 Å². The molecule has 0 aliphatic carbocycles. The van der Waals surface area contributed by atoms with E-state index >= 15 is 0 Å². The van der Waals surface area contributed by atoms with Gasteiger partial charge in [0.2, 0.25) is 0 Å². The van der Waals surface area contributed by atoms with Crippen LogP contribution in [0.3, 0.4) is 0 Å². The Labute approximate surface area is 128 Å². The fraction of sp³-hybridized carbons (Fsp3) is 0.500. The molecule has 0 radical (unpaired) electrons. The molecule has 0 aliphatic rings. The Morgan fingerprint density at radius 3 is 2.52 bits per heavy atom. The van der Waals surface area contributed by atoms with Crippen LogP contribution in [0.5, 0.6) is 0 Å². The van der Waals surface area contributed by atoms with E-state index < -0.39 is 0 Å². The zero-order valence-electron chi connectivity index (χ0n) is 13.9. The van der Waals surface area contributed by atoms with E-state index in [4.69, 9.17) is 0 Å². The molecule has 0 saturated carbocycles. The first kappa shape index (κ1) is 15.8. The monoisotopic (exact) mass is 285 g/mol. The van der Waals surface area contributed by atoms with Crippen LogP contribution in [0, 0.1) is 20.8 Å². The molecule has 1 N–H and O–H groups in total. The third kappa shape index (κ3) is 3.94. The van der Waals surface area contributed by atoms with E-state index in [1.54, 1.807) is 0 Å². The highest BCUT2D eigenvalue weighted by Gasteiger charge is 2.16. The lowest BCUT2D eigenvalue weighted by Crippen LogP contribution is -2.24. The van der Waals surface area contributed by atoms with Gasteiger partial charge in [0.1, 0.15) is 0 Å². The highest BCUT2D eigenvalue weighted by Crippen LogP contribution is 2.22. The molecule has 114 valence electrons. The van der Waals surface area contributed by atoms with Crippen molar-refractivity contribution in [3.8, 4) is 0 Å². The normalized spacial score (nSPS) is 12.6. The Morgan fingerprint density at radius 1 is 1.19 bits per heavy atom. The summed E-state index contributed by atoms with van der Waals surface area (Å²) in [7, 11) is 1.99. The van der Waals surface area contributed by atoms with E-state index in [0.29, 0.717) is 6.04 Å².